The molecule has 2 aromatic rings. The average molecular weight is 328 g/mol. The minimum absolute atomic E-state index is 0.163. The number of anilines is 1. The summed E-state index contributed by atoms with van der Waals surface area (Å²) < 4.78 is 0. The van der Waals surface area contributed by atoms with E-state index in [1.54, 1.807) is 25.5 Å². The van der Waals surface area contributed by atoms with Crippen molar-refractivity contribution < 1.29 is 9.90 Å². The molecule has 1 saturated heterocycles. The molecule has 3 heterocycles. The lowest BCUT2D eigenvalue weighted by atomic mass is 9.92. The lowest BCUT2D eigenvalue weighted by Gasteiger charge is -2.39. The zero-order chi connectivity index (χ0) is 17.0. The predicted molar refractivity (Wildman–Crippen MR) is 87.5 cm³/mol. The highest BCUT2D eigenvalue weighted by molar-refractivity contribution is 5.93. The Bertz CT molecular complexity index is 693. The summed E-state index contributed by atoms with van der Waals surface area (Å²) in [5.74, 6) is 1.05. The van der Waals surface area contributed by atoms with Crippen molar-refractivity contribution in [2.24, 2.45) is 0 Å². The number of amides is 1. The number of carbonyl (C=O) groups excluding carboxylic acids is 1. The van der Waals surface area contributed by atoms with Crippen LogP contribution in [0.15, 0.2) is 31.0 Å². The molecule has 2 aromatic heterocycles. The third-order valence-corrected chi connectivity index (χ3v) is 4.05. The Morgan fingerprint density at radius 3 is 2.79 bits per heavy atom. The predicted octanol–water partition coefficient (Wildman–Crippen LogP) is 0.336. The Morgan fingerprint density at radius 2 is 2.08 bits per heavy atom. The smallest absolute Gasteiger partial charge is 0.254 e. The van der Waals surface area contributed by atoms with Crippen LogP contribution in [0.25, 0.3) is 0 Å². The second kappa shape index (κ2) is 6.88. The van der Waals surface area contributed by atoms with Crippen molar-refractivity contribution in [3.05, 3.63) is 42.4 Å². The summed E-state index contributed by atoms with van der Waals surface area (Å²) in [4.78, 5) is 30.5. The standard InChI is InChI=1S/C16H20N6O2/c1-12-19-7-13(8-20-12)15(23)21-10-16(24)3-2-6-22(11-16)14-9-17-4-5-18-14/h4-5,7-9,24H,2-3,6,10-11H2,1H3,(H,21,23)/t16-/m0/s1. The number of β-amino-alcohol motifs (C(OH)–C–C–N with tert-alkyl or cyclic N) is 1. The zero-order valence-electron chi connectivity index (χ0n) is 13.5. The average Bonchev–Trinajstić information content (AvgIpc) is 2.61. The summed E-state index contributed by atoms with van der Waals surface area (Å²) in [7, 11) is 0. The van der Waals surface area contributed by atoms with Crippen LogP contribution in [0.1, 0.15) is 29.0 Å². The zero-order valence-corrected chi connectivity index (χ0v) is 13.5. The van der Waals surface area contributed by atoms with E-state index in [0.717, 1.165) is 18.8 Å². The van der Waals surface area contributed by atoms with Gasteiger partial charge in [-0.3, -0.25) is 9.78 Å². The molecule has 0 unspecified atom stereocenters. The highest BCUT2D eigenvalue weighted by Crippen LogP contribution is 2.24. The molecule has 0 aliphatic carbocycles. The van der Waals surface area contributed by atoms with Gasteiger partial charge < -0.3 is 15.3 Å². The van der Waals surface area contributed by atoms with Crippen molar-refractivity contribution in [3.8, 4) is 0 Å². The highest BCUT2D eigenvalue weighted by Gasteiger charge is 2.34. The van der Waals surface area contributed by atoms with Gasteiger partial charge in [-0.2, -0.15) is 0 Å². The SMILES string of the molecule is Cc1ncc(C(=O)NC[C@@]2(O)CCCN(c3cnccn3)C2)cn1. The molecular weight excluding hydrogens is 308 g/mol. The first kappa shape index (κ1) is 16.3. The number of aromatic nitrogens is 4. The minimum atomic E-state index is -1.00. The number of rotatable bonds is 4. The largest absolute Gasteiger partial charge is 0.386 e. The number of nitrogens with one attached hydrogen (secondary N) is 1. The van der Waals surface area contributed by atoms with Crippen molar-refractivity contribution in [1.29, 1.82) is 0 Å². The fourth-order valence-electron chi connectivity index (χ4n) is 2.76. The van der Waals surface area contributed by atoms with Crippen LogP contribution in [0, 0.1) is 6.92 Å². The van der Waals surface area contributed by atoms with Crippen LogP contribution in [0.5, 0.6) is 0 Å². The molecule has 8 nitrogen and oxygen atoms in total. The maximum absolute atomic E-state index is 12.2. The van der Waals surface area contributed by atoms with Gasteiger partial charge in [-0.15, -0.1) is 0 Å². The molecule has 3 rings (SSSR count). The summed E-state index contributed by atoms with van der Waals surface area (Å²) in [5, 5.41) is 13.6. The third kappa shape index (κ3) is 3.83. The Hall–Kier alpha value is -2.61. The molecule has 1 aliphatic heterocycles. The molecule has 1 atom stereocenters. The van der Waals surface area contributed by atoms with E-state index in [2.05, 4.69) is 25.3 Å². The molecule has 0 radical (unpaired) electrons. The fourth-order valence-corrected chi connectivity index (χ4v) is 2.76. The summed E-state index contributed by atoms with van der Waals surface area (Å²) in [6.07, 6.45) is 9.31. The molecule has 0 aromatic carbocycles. The van der Waals surface area contributed by atoms with Gasteiger partial charge in [-0.05, 0) is 19.8 Å². The Kier molecular flexibility index (Phi) is 4.66. The molecule has 24 heavy (non-hydrogen) atoms. The Balaban J connectivity index is 1.61. The van der Waals surface area contributed by atoms with Crippen molar-refractivity contribution in [2.75, 3.05) is 24.5 Å². The van der Waals surface area contributed by atoms with Crippen molar-refractivity contribution in [3.63, 3.8) is 0 Å². The second-order valence-electron chi connectivity index (χ2n) is 6.01. The minimum Gasteiger partial charge on any atom is -0.386 e. The number of hydrogen-bond donors (Lipinski definition) is 2. The molecule has 1 aliphatic rings. The molecule has 0 bridgehead atoms. The van der Waals surface area contributed by atoms with Crippen LogP contribution in [0.2, 0.25) is 0 Å². The monoisotopic (exact) mass is 328 g/mol. The van der Waals surface area contributed by atoms with Crippen LogP contribution in [-0.2, 0) is 0 Å². The summed E-state index contributed by atoms with van der Waals surface area (Å²) in [6.45, 7) is 3.13. The van der Waals surface area contributed by atoms with Crippen LogP contribution in [0.3, 0.4) is 0 Å². The van der Waals surface area contributed by atoms with Crippen molar-refractivity contribution >= 4 is 11.7 Å². The number of aryl methyl sites for hydroxylation is 1. The molecule has 2 N–H and O–H groups in total. The van der Waals surface area contributed by atoms with E-state index < -0.39 is 5.60 Å². The quantitative estimate of drug-likeness (QED) is 0.834. The van der Waals surface area contributed by atoms with Gasteiger partial charge in [0.05, 0.1) is 17.4 Å². The van der Waals surface area contributed by atoms with Gasteiger partial charge in [0.25, 0.3) is 5.91 Å². The molecule has 0 spiro atoms. The number of hydrogen-bond acceptors (Lipinski definition) is 7. The van der Waals surface area contributed by atoms with Gasteiger partial charge in [0.2, 0.25) is 0 Å². The molecular formula is C16H20N6O2. The normalized spacial score (nSPS) is 20.7. The first-order valence-electron chi connectivity index (χ1n) is 7.86. The van der Waals surface area contributed by atoms with E-state index in [9.17, 15) is 9.90 Å². The maximum atomic E-state index is 12.2. The molecule has 8 heteroatoms. The van der Waals surface area contributed by atoms with Crippen molar-refractivity contribution in [1.82, 2.24) is 25.3 Å². The highest BCUT2D eigenvalue weighted by atomic mass is 16.3. The van der Waals surface area contributed by atoms with Crippen LogP contribution < -0.4 is 10.2 Å². The third-order valence-electron chi connectivity index (χ3n) is 4.05. The number of piperidine rings is 1. The van der Waals surface area contributed by atoms with Gasteiger partial charge >= 0.3 is 0 Å². The number of nitrogens with zero attached hydrogens (tertiary/aromatic N) is 5. The fraction of sp³-hybridized carbons (Fsp3) is 0.438. The van der Waals surface area contributed by atoms with E-state index in [4.69, 9.17) is 0 Å². The molecule has 126 valence electrons. The van der Waals surface area contributed by atoms with Gasteiger partial charge in [-0.25, -0.2) is 15.0 Å². The van der Waals surface area contributed by atoms with E-state index in [-0.39, 0.29) is 12.5 Å². The Labute approximate surface area is 140 Å². The molecule has 0 saturated carbocycles. The summed E-state index contributed by atoms with van der Waals surface area (Å²) in [5.41, 5.74) is -0.623. The summed E-state index contributed by atoms with van der Waals surface area (Å²) >= 11 is 0. The molecule has 1 fully saturated rings. The molecule has 1 amide bonds. The van der Waals surface area contributed by atoms with Gasteiger partial charge in [0, 0.05) is 44.4 Å². The van der Waals surface area contributed by atoms with E-state index >= 15 is 0 Å². The van der Waals surface area contributed by atoms with Gasteiger partial charge in [0.1, 0.15) is 11.6 Å². The lowest BCUT2D eigenvalue weighted by molar-refractivity contribution is 0.0254. The van der Waals surface area contributed by atoms with Crippen LogP contribution >= 0.6 is 0 Å². The van der Waals surface area contributed by atoms with E-state index in [0.29, 0.717) is 24.4 Å². The maximum Gasteiger partial charge on any atom is 0.254 e. The lowest BCUT2D eigenvalue weighted by Crippen LogP contribution is -2.54. The first-order valence-corrected chi connectivity index (χ1v) is 7.86. The van der Waals surface area contributed by atoms with E-state index in [1.807, 2.05) is 4.90 Å². The summed E-state index contributed by atoms with van der Waals surface area (Å²) in [6, 6.07) is 0. The first-order chi connectivity index (χ1) is 11.6. The van der Waals surface area contributed by atoms with Crippen molar-refractivity contribution in [2.45, 2.75) is 25.4 Å². The van der Waals surface area contributed by atoms with Crippen LogP contribution in [-0.4, -0.2) is 56.2 Å². The number of aliphatic hydroxyl groups is 1. The van der Waals surface area contributed by atoms with Crippen LogP contribution in [0.4, 0.5) is 5.82 Å². The van der Waals surface area contributed by atoms with E-state index in [1.165, 1.54) is 12.4 Å². The topological polar surface area (TPSA) is 104 Å². The second-order valence-corrected chi connectivity index (χ2v) is 6.01. The van der Waals surface area contributed by atoms with Gasteiger partial charge in [-0.1, -0.05) is 0 Å². The Morgan fingerprint density at radius 1 is 1.29 bits per heavy atom. The van der Waals surface area contributed by atoms with Gasteiger partial charge in [0.15, 0.2) is 0 Å². The number of carbonyl (C=O) groups is 1.